The van der Waals surface area contributed by atoms with Crippen LogP contribution in [0.3, 0.4) is 0 Å². The lowest BCUT2D eigenvalue weighted by Gasteiger charge is -2.21. The smallest absolute Gasteiger partial charge is 0.305 e. The highest BCUT2D eigenvalue weighted by Crippen LogP contribution is 2.38. The Bertz CT molecular complexity index is 345. The van der Waals surface area contributed by atoms with Crippen LogP contribution in [0.25, 0.3) is 0 Å². The van der Waals surface area contributed by atoms with Gasteiger partial charge in [0.2, 0.25) is 0 Å². The van der Waals surface area contributed by atoms with E-state index >= 15 is 0 Å². The van der Waals surface area contributed by atoms with Crippen LogP contribution in [0, 0.1) is 11.8 Å². The van der Waals surface area contributed by atoms with Gasteiger partial charge in [0.25, 0.3) is 0 Å². The molecule has 1 rings (SSSR count). The number of carboxylic acid groups (broad SMARTS) is 1. The molecule has 4 atom stereocenters. The van der Waals surface area contributed by atoms with Gasteiger partial charge in [-0.1, -0.05) is 71.1 Å². The van der Waals surface area contributed by atoms with E-state index in [1.807, 2.05) is 0 Å². The van der Waals surface area contributed by atoms with Crippen molar-refractivity contribution < 1.29 is 20.1 Å². The van der Waals surface area contributed by atoms with Crippen LogP contribution < -0.4 is 0 Å². The van der Waals surface area contributed by atoms with Crippen molar-refractivity contribution in [2.24, 2.45) is 11.8 Å². The average Bonchev–Trinajstić information content (AvgIpc) is 3.00. The number of aliphatic hydroxyl groups is 2. The summed E-state index contributed by atoms with van der Waals surface area (Å²) in [4.78, 5) is 10.5. The molecule has 148 valence electrons. The molecule has 0 amide bonds. The second-order valence-electron chi connectivity index (χ2n) is 8.07. The molecule has 4 heteroatoms. The summed E-state index contributed by atoms with van der Waals surface area (Å²) in [5.74, 6) is 0.606. The fraction of sp³-hybridized carbons (Fsp3) is 0.952. The van der Waals surface area contributed by atoms with Crippen LogP contribution in [0.1, 0.15) is 103 Å². The normalized spacial score (nSPS) is 22.8. The number of carboxylic acids is 1. The molecule has 0 aromatic heterocycles. The third kappa shape index (κ3) is 10.9. The molecule has 1 fully saturated rings. The number of hydrogen-bond donors (Lipinski definition) is 3. The standard InChI is InChI=1S/C21H40O4/c1-2-3-4-5-12-19(22)15-14-18-11-8-10-17(18)9-6-7-13-20(23)16-21(24)25/h17-20,22-23H,2-16H2,1H3,(H,24,25)/t17-,18+,19?,20?/m0/s1. The zero-order valence-electron chi connectivity index (χ0n) is 16.2. The molecule has 0 aromatic carbocycles. The van der Waals surface area contributed by atoms with E-state index < -0.39 is 12.1 Å². The molecule has 1 aliphatic rings. The molecular formula is C21H40O4. The number of carbonyl (C=O) groups is 1. The van der Waals surface area contributed by atoms with E-state index in [-0.39, 0.29) is 12.5 Å². The highest BCUT2D eigenvalue weighted by Gasteiger charge is 2.27. The largest absolute Gasteiger partial charge is 0.481 e. The summed E-state index contributed by atoms with van der Waals surface area (Å²) in [6, 6.07) is 0. The summed E-state index contributed by atoms with van der Waals surface area (Å²) in [5, 5.41) is 28.4. The fourth-order valence-electron chi connectivity index (χ4n) is 4.32. The van der Waals surface area contributed by atoms with Crippen molar-refractivity contribution in [1.29, 1.82) is 0 Å². The Balaban J connectivity index is 2.11. The summed E-state index contributed by atoms with van der Waals surface area (Å²) in [6.45, 7) is 2.21. The Morgan fingerprint density at radius 1 is 0.880 bits per heavy atom. The van der Waals surface area contributed by atoms with Gasteiger partial charge in [-0.15, -0.1) is 0 Å². The van der Waals surface area contributed by atoms with Crippen molar-refractivity contribution in [3.8, 4) is 0 Å². The number of unbranched alkanes of at least 4 members (excludes halogenated alkanes) is 4. The molecule has 0 aliphatic heterocycles. The molecule has 4 nitrogen and oxygen atoms in total. The summed E-state index contributed by atoms with van der Waals surface area (Å²) in [5.41, 5.74) is 0. The molecule has 1 saturated carbocycles. The molecule has 2 unspecified atom stereocenters. The molecule has 1 aliphatic carbocycles. The SMILES string of the molecule is CCCCCCC(O)CC[C@H]1CCC[C@@H]1CCCCC(O)CC(=O)O. The maximum atomic E-state index is 10.5. The first-order valence-electron chi connectivity index (χ1n) is 10.6. The first-order chi connectivity index (χ1) is 12.0. The fourth-order valence-corrected chi connectivity index (χ4v) is 4.32. The van der Waals surface area contributed by atoms with Gasteiger partial charge in [0.1, 0.15) is 0 Å². The van der Waals surface area contributed by atoms with E-state index in [0.29, 0.717) is 6.42 Å². The third-order valence-corrected chi connectivity index (χ3v) is 5.85. The molecular weight excluding hydrogens is 316 g/mol. The first-order valence-corrected chi connectivity index (χ1v) is 10.6. The summed E-state index contributed by atoms with van der Waals surface area (Å²) >= 11 is 0. The van der Waals surface area contributed by atoms with Gasteiger partial charge in [-0.05, 0) is 37.5 Å². The maximum Gasteiger partial charge on any atom is 0.305 e. The van der Waals surface area contributed by atoms with Gasteiger partial charge in [0.15, 0.2) is 0 Å². The van der Waals surface area contributed by atoms with Crippen LogP contribution in [0.4, 0.5) is 0 Å². The van der Waals surface area contributed by atoms with Crippen LogP contribution in [-0.4, -0.2) is 33.5 Å². The van der Waals surface area contributed by atoms with Crippen LogP contribution in [0.5, 0.6) is 0 Å². The number of hydrogen-bond acceptors (Lipinski definition) is 3. The van der Waals surface area contributed by atoms with Gasteiger partial charge >= 0.3 is 5.97 Å². The Kier molecular flexibility index (Phi) is 12.2. The molecule has 0 saturated heterocycles. The average molecular weight is 357 g/mol. The van der Waals surface area contributed by atoms with Crippen molar-refractivity contribution in [2.75, 3.05) is 0 Å². The minimum absolute atomic E-state index is 0.121. The van der Waals surface area contributed by atoms with Gasteiger partial charge in [-0.2, -0.15) is 0 Å². The molecule has 0 radical (unpaired) electrons. The molecule has 0 spiro atoms. The zero-order chi connectivity index (χ0) is 18.5. The number of aliphatic carboxylic acids is 1. The number of rotatable bonds is 15. The van der Waals surface area contributed by atoms with E-state index in [2.05, 4.69) is 6.92 Å². The van der Waals surface area contributed by atoms with E-state index in [9.17, 15) is 15.0 Å². The van der Waals surface area contributed by atoms with Gasteiger partial charge in [-0.3, -0.25) is 4.79 Å². The zero-order valence-corrected chi connectivity index (χ0v) is 16.2. The van der Waals surface area contributed by atoms with E-state index in [1.54, 1.807) is 0 Å². The Morgan fingerprint density at radius 2 is 1.52 bits per heavy atom. The van der Waals surface area contributed by atoms with E-state index in [0.717, 1.165) is 50.4 Å². The quantitative estimate of drug-likeness (QED) is 0.364. The Morgan fingerprint density at radius 3 is 2.20 bits per heavy atom. The summed E-state index contributed by atoms with van der Waals surface area (Å²) in [7, 11) is 0. The Hall–Kier alpha value is -0.610. The molecule has 0 aromatic rings. The van der Waals surface area contributed by atoms with Crippen molar-refractivity contribution in [3.05, 3.63) is 0 Å². The highest BCUT2D eigenvalue weighted by molar-refractivity contribution is 5.67. The van der Waals surface area contributed by atoms with E-state index in [1.165, 1.54) is 44.9 Å². The molecule has 0 heterocycles. The second kappa shape index (κ2) is 13.6. The molecule has 3 N–H and O–H groups in total. The minimum atomic E-state index is -0.920. The topological polar surface area (TPSA) is 77.8 Å². The van der Waals surface area contributed by atoms with Gasteiger partial charge < -0.3 is 15.3 Å². The van der Waals surface area contributed by atoms with Crippen LogP contribution >= 0.6 is 0 Å². The van der Waals surface area contributed by atoms with Gasteiger partial charge in [-0.25, -0.2) is 0 Å². The summed E-state index contributed by atoms with van der Waals surface area (Å²) in [6.07, 6.45) is 14.7. The van der Waals surface area contributed by atoms with Crippen molar-refractivity contribution >= 4 is 5.97 Å². The van der Waals surface area contributed by atoms with Crippen LogP contribution in [0.2, 0.25) is 0 Å². The monoisotopic (exact) mass is 356 g/mol. The van der Waals surface area contributed by atoms with Gasteiger partial charge in [0.05, 0.1) is 18.6 Å². The lowest BCUT2D eigenvalue weighted by Crippen LogP contribution is -2.14. The summed E-state index contributed by atoms with van der Waals surface area (Å²) < 4.78 is 0. The number of aliphatic hydroxyl groups excluding tert-OH is 2. The maximum absolute atomic E-state index is 10.5. The van der Waals surface area contributed by atoms with Crippen molar-refractivity contribution in [1.82, 2.24) is 0 Å². The predicted molar refractivity (Wildman–Crippen MR) is 102 cm³/mol. The highest BCUT2D eigenvalue weighted by atomic mass is 16.4. The molecule has 25 heavy (non-hydrogen) atoms. The van der Waals surface area contributed by atoms with Crippen molar-refractivity contribution in [2.45, 2.75) is 115 Å². The second-order valence-corrected chi connectivity index (χ2v) is 8.07. The van der Waals surface area contributed by atoms with Gasteiger partial charge in [0, 0.05) is 0 Å². The predicted octanol–water partition coefficient (Wildman–Crippen LogP) is 4.91. The lowest BCUT2D eigenvalue weighted by molar-refractivity contribution is -0.139. The van der Waals surface area contributed by atoms with Crippen molar-refractivity contribution in [3.63, 3.8) is 0 Å². The third-order valence-electron chi connectivity index (χ3n) is 5.85. The van der Waals surface area contributed by atoms with E-state index in [4.69, 9.17) is 5.11 Å². The molecule has 0 bridgehead atoms. The minimum Gasteiger partial charge on any atom is -0.481 e. The lowest BCUT2D eigenvalue weighted by atomic mass is 9.86. The van der Waals surface area contributed by atoms with Crippen LogP contribution in [0.15, 0.2) is 0 Å². The van der Waals surface area contributed by atoms with Crippen LogP contribution in [-0.2, 0) is 4.79 Å². The Labute approximate surface area is 154 Å². The first kappa shape index (κ1) is 22.4.